The molecular formula is C21H24N2O5S. The third-order valence-corrected chi connectivity index (χ3v) is 6.71. The molecule has 8 heteroatoms. The summed E-state index contributed by atoms with van der Waals surface area (Å²) in [6, 6.07) is 13.9. The van der Waals surface area contributed by atoms with Gasteiger partial charge in [-0.15, -0.1) is 0 Å². The molecule has 0 fully saturated rings. The van der Waals surface area contributed by atoms with Crippen LogP contribution < -0.4 is 4.90 Å². The second-order valence-corrected chi connectivity index (χ2v) is 9.12. The lowest BCUT2D eigenvalue weighted by atomic mass is 10.2. The summed E-state index contributed by atoms with van der Waals surface area (Å²) in [5.74, 6) is -1.11. The van der Waals surface area contributed by atoms with Crippen LogP contribution in [0.2, 0.25) is 0 Å². The molecule has 29 heavy (non-hydrogen) atoms. The summed E-state index contributed by atoms with van der Waals surface area (Å²) in [6.07, 6.45) is -0.260. The van der Waals surface area contributed by atoms with E-state index in [-0.39, 0.29) is 10.8 Å². The average Bonchev–Trinajstić information content (AvgIpc) is 3.11. The number of nitrogens with zero attached hydrogens (tertiary/aromatic N) is 2. The standard InChI is InChI=1S/C21H24N2O5S/c1-15-8-10-18(11-9-15)29(26,27)22(3)14-20(24)28-16(2)21(25)23-13-12-17-6-4-5-7-19(17)23/h4-11,16H,12-14H2,1-3H3. The van der Waals surface area contributed by atoms with Gasteiger partial charge in [-0.1, -0.05) is 35.9 Å². The summed E-state index contributed by atoms with van der Waals surface area (Å²) < 4.78 is 31.3. The topological polar surface area (TPSA) is 84.0 Å². The zero-order valence-electron chi connectivity index (χ0n) is 16.7. The number of likely N-dealkylation sites (N-methyl/N-ethyl adjacent to an activating group) is 1. The van der Waals surface area contributed by atoms with Gasteiger partial charge in [-0.3, -0.25) is 9.59 Å². The zero-order chi connectivity index (χ0) is 21.2. The van der Waals surface area contributed by atoms with E-state index >= 15 is 0 Å². The largest absolute Gasteiger partial charge is 0.452 e. The van der Waals surface area contributed by atoms with Gasteiger partial charge in [0.2, 0.25) is 10.0 Å². The fourth-order valence-corrected chi connectivity index (χ4v) is 4.34. The minimum Gasteiger partial charge on any atom is -0.452 e. The number of carbonyl (C=O) groups excluding carboxylic acids is 2. The molecule has 1 unspecified atom stereocenters. The Balaban J connectivity index is 1.61. The highest BCUT2D eigenvalue weighted by Gasteiger charge is 2.31. The molecule has 0 N–H and O–H groups in total. The molecule has 7 nitrogen and oxygen atoms in total. The normalized spacial score (nSPS) is 14.6. The average molecular weight is 416 g/mol. The molecule has 0 bridgehead atoms. The second-order valence-electron chi connectivity index (χ2n) is 7.07. The van der Waals surface area contributed by atoms with E-state index in [1.165, 1.54) is 26.1 Å². The number of aryl methyl sites for hydroxylation is 1. The Bertz CT molecular complexity index is 1020. The van der Waals surface area contributed by atoms with Crippen molar-refractivity contribution in [3.63, 3.8) is 0 Å². The number of hydrogen-bond donors (Lipinski definition) is 0. The third kappa shape index (κ3) is 4.49. The van der Waals surface area contributed by atoms with Crippen molar-refractivity contribution in [1.82, 2.24) is 4.31 Å². The molecule has 1 amide bonds. The molecule has 0 saturated heterocycles. The Labute approximate surface area is 170 Å². The summed E-state index contributed by atoms with van der Waals surface area (Å²) in [5.41, 5.74) is 2.82. The number of carbonyl (C=O) groups is 2. The lowest BCUT2D eigenvalue weighted by Crippen LogP contribution is -2.41. The van der Waals surface area contributed by atoms with Gasteiger partial charge >= 0.3 is 5.97 Å². The maximum absolute atomic E-state index is 12.7. The molecule has 1 heterocycles. The molecule has 1 atom stereocenters. The first-order chi connectivity index (χ1) is 13.7. The molecule has 0 radical (unpaired) electrons. The fourth-order valence-electron chi connectivity index (χ4n) is 3.23. The van der Waals surface area contributed by atoms with E-state index in [2.05, 4.69) is 0 Å². The lowest BCUT2D eigenvalue weighted by Gasteiger charge is -2.23. The van der Waals surface area contributed by atoms with Gasteiger partial charge in [0.25, 0.3) is 5.91 Å². The van der Waals surface area contributed by atoms with E-state index in [4.69, 9.17) is 4.74 Å². The van der Waals surface area contributed by atoms with Crippen molar-refractivity contribution in [1.29, 1.82) is 0 Å². The number of fused-ring (bicyclic) bond motifs is 1. The SMILES string of the molecule is Cc1ccc(S(=O)(=O)N(C)CC(=O)OC(C)C(=O)N2CCc3ccccc32)cc1. The highest BCUT2D eigenvalue weighted by Crippen LogP contribution is 2.28. The van der Waals surface area contributed by atoms with E-state index in [1.807, 2.05) is 31.2 Å². The Hall–Kier alpha value is -2.71. The molecule has 0 spiro atoms. The van der Waals surface area contributed by atoms with E-state index in [9.17, 15) is 18.0 Å². The van der Waals surface area contributed by atoms with Crippen molar-refractivity contribution in [3.05, 3.63) is 59.7 Å². The molecular weight excluding hydrogens is 392 g/mol. The van der Waals surface area contributed by atoms with E-state index in [0.717, 1.165) is 27.5 Å². The molecule has 2 aromatic carbocycles. The van der Waals surface area contributed by atoms with Gasteiger partial charge in [0.15, 0.2) is 6.10 Å². The Morgan fingerprint density at radius 1 is 1.14 bits per heavy atom. The maximum Gasteiger partial charge on any atom is 0.322 e. The Morgan fingerprint density at radius 3 is 2.48 bits per heavy atom. The van der Waals surface area contributed by atoms with Gasteiger partial charge in [-0.2, -0.15) is 4.31 Å². The van der Waals surface area contributed by atoms with E-state index in [0.29, 0.717) is 6.54 Å². The molecule has 0 aromatic heterocycles. The van der Waals surface area contributed by atoms with Crippen molar-refractivity contribution in [3.8, 4) is 0 Å². The number of sulfonamides is 1. The quantitative estimate of drug-likeness (QED) is 0.674. The number of rotatable bonds is 6. The van der Waals surface area contributed by atoms with E-state index in [1.54, 1.807) is 17.0 Å². The minimum atomic E-state index is -3.83. The molecule has 154 valence electrons. The van der Waals surface area contributed by atoms with Crippen LogP contribution >= 0.6 is 0 Å². The third-order valence-electron chi connectivity index (χ3n) is 4.89. The molecule has 0 saturated carbocycles. The summed E-state index contributed by atoms with van der Waals surface area (Å²) >= 11 is 0. The number of benzene rings is 2. The number of ether oxygens (including phenoxy) is 1. The molecule has 3 rings (SSSR count). The highest BCUT2D eigenvalue weighted by atomic mass is 32.2. The monoisotopic (exact) mass is 416 g/mol. The zero-order valence-corrected chi connectivity index (χ0v) is 17.5. The number of anilines is 1. The van der Waals surface area contributed by atoms with Crippen LogP contribution in [-0.4, -0.2) is 50.8 Å². The summed E-state index contributed by atoms with van der Waals surface area (Å²) in [4.78, 5) is 26.6. The number of esters is 1. The van der Waals surface area contributed by atoms with Gasteiger partial charge in [0.05, 0.1) is 4.90 Å². The predicted molar refractivity (Wildman–Crippen MR) is 109 cm³/mol. The van der Waals surface area contributed by atoms with Gasteiger partial charge in [-0.05, 0) is 44.0 Å². The molecule has 2 aromatic rings. The first-order valence-corrected chi connectivity index (χ1v) is 10.8. The smallest absolute Gasteiger partial charge is 0.322 e. The molecule has 0 aliphatic carbocycles. The Morgan fingerprint density at radius 2 is 1.79 bits per heavy atom. The summed E-state index contributed by atoms with van der Waals surface area (Å²) in [7, 11) is -2.52. The van der Waals surface area contributed by atoms with Crippen LogP contribution in [0.1, 0.15) is 18.1 Å². The number of hydrogen-bond acceptors (Lipinski definition) is 5. The number of para-hydroxylation sites is 1. The van der Waals surface area contributed by atoms with Gasteiger partial charge in [0, 0.05) is 19.3 Å². The first kappa shape index (κ1) is 21.0. The number of amides is 1. The van der Waals surface area contributed by atoms with Crippen molar-refractivity contribution in [2.24, 2.45) is 0 Å². The van der Waals surface area contributed by atoms with Crippen molar-refractivity contribution < 1.29 is 22.7 Å². The summed E-state index contributed by atoms with van der Waals surface area (Å²) in [5, 5.41) is 0. The van der Waals surface area contributed by atoms with Gasteiger partial charge in [-0.25, -0.2) is 8.42 Å². The van der Waals surface area contributed by atoms with Crippen LogP contribution in [-0.2, 0) is 30.8 Å². The van der Waals surface area contributed by atoms with Crippen LogP contribution in [0.15, 0.2) is 53.4 Å². The van der Waals surface area contributed by atoms with Crippen LogP contribution in [0.4, 0.5) is 5.69 Å². The van der Waals surface area contributed by atoms with Gasteiger partial charge in [0.1, 0.15) is 6.54 Å². The minimum absolute atomic E-state index is 0.0937. The lowest BCUT2D eigenvalue weighted by molar-refractivity contribution is -0.153. The predicted octanol–water partition coefficient (Wildman–Crippen LogP) is 2.14. The van der Waals surface area contributed by atoms with Crippen molar-refractivity contribution in [2.45, 2.75) is 31.3 Å². The second kappa shape index (κ2) is 8.34. The Kier molecular flexibility index (Phi) is 6.04. The fraction of sp³-hybridized carbons (Fsp3) is 0.333. The highest BCUT2D eigenvalue weighted by molar-refractivity contribution is 7.89. The van der Waals surface area contributed by atoms with Crippen molar-refractivity contribution in [2.75, 3.05) is 25.0 Å². The van der Waals surface area contributed by atoms with Crippen LogP contribution in [0.3, 0.4) is 0 Å². The molecule has 1 aliphatic rings. The van der Waals surface area contributed by atoms with E-state index < -0.39 is 28.6 Å². The summed E-state index contributed by atoms with van der Waals surface area (Å²) in [6.45, 7) is 3.40. The first-order valence-electron chi connectivity index (χ1n) is 9.32. The van der Waals surface area contributed by atoms with Crippen LogP contribution in [0.5, 0.6) is 0 Å². The molecule has 1 aliphatic heterocycles. The van der Waals surface area contributed by atoms with Crippen molar-refractivity contribution >= 4 is 27.6 Å². The van der Waals surface area contributed by atoms with Gasteiger partial charge < -0.3 is 9.64 Å². The maximum atomic E-state index is 12.7. The van der Waals surface area contributed by atoms with Crippen LogP contribution in [0.25, 0.3) is 0 Å². The van der Waals surface area contributed by atoms with Crippen LogP contribution in [0, 0.1) is 6.92 Å².